The molecule has 1 aromatic carbocycles. The first-order chi connectivity index (χ1) is 11.2. The fraction of sp³-hybridized carbons (Fsp3) is 0.143. The molecule has 0 aliphatic carbocycles. The Balaban J connectivity index is 2.93. The quantitative estimate of drug-likeness (QED) is 0.427. The first-order valence-electron chi connectivity index (χ1n) is 6.37. The molecule has 0 bridgehead atoms. The molecule has 1 heterocycles. The number of benzene rings is 1. The predicted molar refractivity (Wildman–Crippen MR) is 93.0 cm³/mol. The highest BCUT2D eigenvalue weighted by atomic mass is 79.9. The van der Waals surface area contributed by atoms with Gasteiger partial charge in [-0.1, -0.05) is 0 Å². The van der Waals surface area contributed by atoms with Crippen molar-refractivity contribution in [2.24, 2.45) is 0 Å². The summed E-state index contributed by atoms with van der Waals surface area (Å²) in [7, 11) is 1.17. The molecule has 0 atom stereocenters. The summed E-state index contributed by atoms with van der Waals surface area (Å²) in [6.07, 6.45) is 1.32. The van der Waals surface area contributed by atoms with Crippen molar-refractivity contribution in [3.05, 3.63) is 48.1 Å². The molecule has 0 aliphatic heterocycles. The predicted octanol–water partition coefficient (Wildman–Crippen LogP) is 3.46. The van der Waals surface area contributed by atoms with Crippen LogP contribution in [0.3, 0.4) is 0 Å². The van der Waals surface area contributed by atoms with Crippen LogP contribution in [0.1, 0.15) is 21.6 Å². The third-order valence-corrected chi connectivity index (χ3v) is 4.68. The molecule has 124 valence electrons. The number of hydrogen-bond donors (Lipinski definition) is 1. The second-order valence-corrected chi connectivity index (χ2v) is 6.37. The number of nitrogens with two attached hydrogens (primary N) is 1. The minimum atomic E-state index is -0.768. The Morgan fingerprint density at radius 2 is 2.12 bits per heavy atom. The van der Waals surface area contributed by atoms with E-state index in [1.54, 1.807) is 13.0 Å². The number of esters is 1. The molecule has 8 nitrogen and oxygen atoms in total. The summed E-state index contributed by atoms with van der Waals surface area (Å²) in [6.45, 7) is 1.59. The van der Waals surface area contributed by atoms with Crippen LogP contribution >= 0.6 is 31.9 Å². The van der Waals surface area contributed by atoms with E-state index in [1.807, 2.05) is 6.07 Å². The van der Waals surface area contributed by atoms with Crippen LogP contribution in [0.5, 0.6) is 0 Å². The lowest BCUT2D eigenvalue weighted by atomic mass is 10.2. The van der Waals surface area contributed by atoms with Crippen molar-refractivity contribution < 1.29 is 14.5 Å². The normalized spacial score (nSPS) is 10.3. The summed E-state index contributed by atoms with van der Waals surface area (Å²) >= 11 is 6.54. The molecule has 0 radical (unpaired) electrons. The van der Waals surface area contributed by atoms with Gasteiger partial charge in [-0.2, -0.15) is 5.26 Å². The number of halogens is 2. The van der Waals surface area contributed by atoms with Gasteiger partial charge in [-0.3, -0.25) is 10.1 Å². The van der Waals surface area contributed by atoms with Crippen molar-refractivity contribution >= 4 is 49.2 Å². The Labute approximate surface area is 153 Å². The zero-order valence-corrected chi connectivity index (χ0v) is 15.6. The largest absolute Gasteiger partial charge is 0.464 e. The number of nitro benzene ring substituents is 1. The van der Waals surface area contributed by atoms with Crippen LogP contribution in [0.15, 0.2) is 21.2 Å². The maximum absolute atomic E-state index is 12.1. The van der Waals surface area contributed by atoms with Gasteiger partial charge < -0.3 is 15.0 Å². The standard InChI is InChI=1S/C14H10Br2N4O4/c1-6-3-8(15)12(9(16)11(6)20(22)23)19-5-7(4-17)10(18)13(19)14(21)24-2/h3,5H,18H2,1-2H3. The van der Waals surface area contributed by atoms with Gasteiger partial charge in [-0.25, -0.2) is 4.79 Å². The number of aromatic nitrogens is 1. The molecule has 0 unspecified atom stereocenters. The zero-order chi connectivity index (χ0) is 18.2. The molecule has 24 heavy (non-hydrogen) atoms. The van der Waals surface area contributed by atoms with E-state index >= 15 is 0 Å². The van der Waals surface area contributed by atoms with Crippen LogP contribution < -0.4 is 5.73 Å². The topological polar surface area (TPSA) is 124 Å². The van der Waals surface area contributed by atoms with E-state index in [9.17, 15) is 14.9 Å². The number of nitrogens with zero attached hydrogens (tertiary/aromatic N) is 3. The maximum atomic E-state index is 12.1. The first-order valence-corrected chi connectivity index (χ1v) is 7.95. The smallest absolute Gasteiger partial charge is 0.357 e. The summed E-state index contributed by atoms with van der Waals surface area (Å²) in [5, 5.41) is 20.5. The number of nitriles is 1. The summed E-state index contributed by atoms with van der Waals surface area (Å²) in [6, 6.07) is 3.42. The molecule has 0 fully saturated rings. The maximum Gasteiger partial charge on any atom is 0.357 e. The van der Waals surface area contributed by atoms with E-state index in [0.29, 0.717) is 10.0 Å². The molecular formula is C14H10Br2N4O4. The van der Waals surface area contributed by atoms with E-state index < -0.39 is 10.9 Å². The highest BCUT2D eigenvalue weighted by Crippen LogP contribution is 2.41. The highest BCUT2D eigenvalue weighted by Gasteiger charge is 2.28. The molecule has 10 heteroatoms. The van der Waals surface area contributed by atoms with E-state index in [2.05, 4.69) is 31.9 Å². The molecule has 2 aromatic rings. The molecule has 0 saturated carbocycles. The van der Waals surface area contributed by atoms with Gasteiger partial charge in [0, 0.05) is 16.2 Å². The SMILES string of the molecule is COC(=O)c1c(N)c(C#N)cn1-c1c(Br)cc(C)c([N+](=O)[O-])c1Br. The van der Waals surface area contributed by atoms with Gasteiger partial charge in [0.05, 0.1) is 29.0 Å². The number of carbonyl (C=O) groups excluding carboxylic acids is 1. The van der Waals surface area contributed by atoms with Gasteiger partial charge in [-0.15, -0.1) is 0 Å². The number of hydrogen-bond acceptors (Lipinski definition) is 6. The highest BCUT2D eigenvalue weighted by molar-refractivity contribution is 9.11. The number of carbonyl (C=O) groups is 1. The average molecular weight is 458 g/mol. The summed E-state index contributed by atoms with van der Waals surface area (Å²) in [5.41, 5.74) is 6.27. The Bertz CT molecular complexity index is 915. The lowest BCUT2D eigenvalue weighted by Gasteiger charge is -2.14. The van der Waals surface area contributed by atoms with E-state index in [1.165, 1.54) is 17.9 Å². The monoisotopic (exact) mass is 456 g/mol. The lowest BCUT2D eigenvalue weighted by molar-refractivity contribution is -0.386. The van der Waals surface area contributed by atoms with Crippen LogP contribution in [-0.2, 0) is 4.74 Å². The number of nitro groups is 1. The van der Waals surface area contributed by atoms with Crippen molar-refractivity contribution in [3.63, 3.8) is 0 Å². The van der Waals surface area contributed by atoms with Gasteiger partial charge in [0.25, 0.3) is 5.69 Å². The molecule has 2 rings (SSSR count). The molecule has 2 N–H and O–H groups in total. The van der Waals surface area contributed by atoms with Gasteiger partial charge in [-0.05, 0) is 44.8 Å². The number of rotatable bonds is 3. The van der Waals surface area contributed by atoms with E-state index in [-0.39, 0.29) is 32.8 Å². The van der Waals surface area contributed by atoms with E-state index in [0.717, 1.165) is 0 Å². The summed E-state index contributed by atoms with van der Waals surface area (Å²) < 4.78 is 6.61. The number of methoxy groups -OCH3 is 1. The van der Waals surface area contributed by atoms with E-state index in [4.69, 9.17) is 15.7 Å². The summed E-state index contributed by atoms with van der Waals surface area (Å²) in [4.78, 5) is 22.9. The number of anilines is 1. The minimum absolute atomic E-state index is 0.0532. The fourth-order valence-electron chi connectivity index (χ4n) is 2.25. The van der Waals surface area contributed by atoms with Crippen molar-refractivity contribution in [3.8, 4) is 11.8 Å². The number of aryl methyl sites for hydroxylation is 1. The number of ether oxygens (including phenoxy) is 1. The second kappa shape index (κ2) is 6.62. The lowest BCUT2D eigenvalue weighted by Crippen LogP contribution is -2.12. The van der Waals surface area contributed by atoms with Gasteiger partial charge >= 0.3 is 5.97 Å². The Morgan fingerprint density at radius 1 is 1.50 bits per heavy atom. The molecular weight excluding hydrogens is 448 g/mol. The Morgan fingerprint density at radius 3 is 2.62 bits per heavy atom. The second-order valence-electron chi connectivity index (χ2n) is 4.72. The van der Waals surface area contributed by atoms with Gasteiger partial charge in [0.2, 0.25) is 0 Å². The van der Waals surface area contributed by atoms with Crippen molar-refractivity contribution in [2.45, 2.75) is 6.92 Å². The van der Waals surface area contributed by atoms with Crippen LogP contribution in [-0.4, -0.2) is 22.6 Å². The van der Waals surface area contributed by atoms with Crippen LogP contribution in [0.25, 0.3) is 5.69 Å². The number of nitrogen functional groups attached to an aromatic ring is 1. The third-order valence-electron chi connectivity index (χ3n) is 3.33. The van der Waals surface area contributed by atoms with Gasteiger partial charge in [0.1, 0.15) is 10.5 Å². The molecule has 0 amide bonds. The Hall–Kier alpha value is -2.38. The molecule has 0 saturated heterocycles. The molecule has 1 aromatic heterocycles. The van der Waals surface area contributed by atoms with Crippen molar-refractivity contribution in [1.82, 2.24) is 4.57 Å². The third kappa shape index (κ3) is 2.76. The van der Waals surface area contributed by atoms with Gasteiger partial charge in [0.15, 0.2) is 5.69 Å². The summed E-state index contributed by atoms with van der Waals surface area (Å²) in [5.74, 6) is -0.768. The van der Waals surface area contributed by atoms with Crippen molar-refractivity contribution in [2.75, 3.05) is 12.8 Å². The van der Waals surface area contributed by atoms with Crippen LogP contribution in [0.2, 0.25) is 0 Å². The Kier molecular flexibility index (Phi) is 4.96. The van der Waals surface area contributed by atoms with Crippen molar-refractivity contribution in [1.29, 1.82) is 5.26 Å². The first kappa shape index (κ1) is 18.0. The van der Waals surface area contributed by atoms with Crippen LogP contribution in [0.4, 0.5) is 11.4 Å². The fourth-order valence-corrected chi connectivity index (χ4v) is 4.11. The molecule has 0 aliphatic rings. The molecule has 0 spiro atoms. The average Bonchev–Trinajstić information content (AvgIpc) is 2.82. The minimum Gasteiger partial charge on any atom is -0.464 e. The van der Waals surface area contributed by atoms with Crippen LogP contribution in [0, 0.1) is 28.4 Å². The zero-order valence-electron chi connectivity index (χ0n) is 12.5.